The maximum Gasteiger partial charge on any atom is 0.0571 e. The SMILES string of the molecule is CC1CCC(O)C(C2CCCCCC2)C1. The Balaban J connectivity index is 1.93. The second kappa shape index (κ2) is 5.34. The lowest BCUT2D eigenvalue weighted by Gasteiger charge is -2.37. The second-order valence-electron chi connectivity index (χ2n) is 5.90. The van der Waals surface area contributed by atoms with Gasteiger partial charge in [-0.2, -0.15) is 0 Å². The fourth-order valence-electron chi connectivity index (χ4n) is 3.65. The van der Waals surface area contributed by atoms with Crippen LogP contribution in [0.5, 0.6) is 0 Å². The third-order valence-electron chi connectivity index (χ3n) is 4.63. The summed E-state index contributed by atoms with van der Waals surface area (Å²) in [5.74, 6) is 2.32. The van der Waals surface area contributed by atoms with Crippen LogP contribution in [0, 0.1) is 17.8 Å². The van der Waals surface area contributed by atoms with E-state index in [-0.39, 0.29) is 6.10 Å². The summed E-state index contributed by atoms with van der Waals surface area (Å²) in [5.41, 5.74) is 0. The first-order valence-corrected chi connectivity index (χ1v) is 6.95. The quantitative estimate of drug-likeness (QED) is 0.653. The molecule has 88 valence electrons. The van der Waals surface area contributed by atoms with E-state index in [1.54, 1.807) is 0 Å². The highest BCUT2D eigenvalue weighted by molar-refractivity contribution is 4.84. The molecule has 1 nitrogen and oxygen atoms in total. The number of aliphatic hydroxyl groups is 1. The van der Waals surface area contributed by atoms with Gasteiger partial charge >= 0.3 is 0 Å². The average molecular weight is 210 g/mol. The summed E-state index contributed by atoms with van der Waals surface area (Å²) >= 11 is 0. The van der Waals surface area contributed by atoms with E-state index in [4.69, 9.17) is 0 Å². The Morgan fingerprint density at radius 1 is 0.867 bits per heavy atom. The molecule has 3 atom stereocenters. The first-order chi connectivity index (χ1) is 7.27. The van der Waals surface area contributed by atoms with Crippen LogP contribution in [0.4, 0.5) is 0 Å². The molecular formula is C14H26O. The molecule has 2 aliphatic carbocycles. The Bertz CT molecular complexity index is 182. The van der Waals surface area contributed by atoms with Gasteiger partial charge in [-0.1, -0.05) is 45.4 Å². The molecule has 0 aliphatic heterocycles. The zero-order chi connectivity index (χ0) is 10.7. The van der Waals surface area contributed by atoms with Crippen LogP contribution in [0.15, 0.2) is 0 Å². The molecule has 2 aliphatic rings. The minimum Gasteiger partial charge on any atom is -0.393 e. The summed E-state index contributed by atoms with van der Waals surface area (Å²) in [5, 5.41) is 10.1. The fraction of sp³-hybridized carbons (Fsp3) is 1.00. The van der Waals surface area contributed by atoms with Gasteiger partial charge in [-0.25, -0.2) is 0 Å². The smallest absolute Gasteiger partial charge is 0.0571 e. The molecule has 0 saturated heterocycles. The van der Waals surface area contributed by atoms with Gasteiger partial charge in [0, 0.05) is 0 Å². The average Bonchev–Trinajstić information content (AvgIpc) is 2.50. The highest BCUT2D eigenvalue weighted by Crippen LogP contribution is 2.39. The summed E-state index contributed by atoms with van der Waals surface area (Å²) in [6, 6.07) is 0. The number of hydrogen-bond acceptors (Lipinski definition) is 1. The van der Waals surface area contributed by atoms with Crippen molar-refractivity contribution >= 4 is 0 Å². The molecule has 0 heterocycles. The van der Waals surface area contributed by atoms with Crippen molar-refractivity contribution in [3.63, 3.8) is 0 Å². The van der Waals surface area contributed by atoms with Gasteiger partial charge in [0.05, 0.1) is 6.10 Å². The molecule has 0 aromatic heterocycles. The predicted octanol–water partition coefficient (Wildman–Crippen LogP) is 3.75. The molecule has 0 aromatic carbocycles. The van der Waals surface area contributed by atoms with Crippen LogP contribution >= 0.6 is 0 Å². The van der Waals surface area contributed by atoms with Crippen LogP contribution < -0.4 is 0 Å². The highest BCUT2D eigenvalue weighted by atomic mass is 16.3. The molecule has 0 spiro atoms. The molecule has 0 aromatic rings. The van der Waals surface area contributed by atoms with Crippen molar-refractivity contribution in [3.8, 4) is 0 Å². The topological polar surface area (TPSA) is 20.2 Å². The van der Waals surface area contributed by atoms with E-state index in [1.807, 2.05) is 0 Å². The molecule has 1 heteroatoms. The maximum atomic E-state index is 10.1. The van der Waals surface area contributed by atoms with E-state index in [0.29, 0.717) is 5.92 Å². The van der Waals surface area contributed by atoms with E-state index in [9.17, 15) is 5.11 Å². The largest absolute Gasteiger partial charge is 0.393 e. The molecule has 0 amide bonds. The Kier molecular flexibility index (Phi) is 4.07. The van der Waals surface area contributed by atoms with Crippen molar-refractivity contribution in [2.45, 2.75) is 70.8 Å². The predicted molar refractivity (Wildman–Crippen MR) is 63.7 cm³/mol. The van der Waals surface area contributed by atoms with Crippen LogP contribution in [-0.4, -0.2) is 11.2 Å². The summed E-state index contributed by atoms with van der Waals surface area (Å²) in [6.45, 7) is 2.36. The van der Waals surface area contributed by atoms with Gasteiger partial charge in [0.1, 0.15) is 0 Å². The van der Waals surface area contributed by atoms with Crippen molar-refractivity contribution in [1.29, 1.82) is 0 Å². The first kappa shape index (κ1) is 11.4. The maximum absolute atomic E-state index is 10.1. The zero-order valence-corrected chi connectivity index (χ0v) is 10.1. The summed E-state index contributed by atoms with van der Waals surface area (Å²) in [6.07, 6.45) is 12.0. The van der Waals surface area contributed by atoms with Crippen molar-refractivity contribution < 1.29 is 5.11 Å². The Morgan fingerprint density at radius 3 is 2.20 bits per heavy atom. The van der Waals surface area contributed by atoms with Crippen LogP contribution in [0.3, 0.4) is 0 Å². The molecule has 0 radical (unpaired) electrons. The van der Waals surface area contributed by atoms with Crippen LogP contribution in [-0.2, 0) is 0 Å². The van der Waals surface area contributed by atoms with E-state index in [1.165, 1.54) is 51.4 Å². The molecule has 3 unspecified atom stereocenters. The van der Waals surface area contributed by atoms with Gasteiger partial charge in [0.15, 0.2) is 0 Å². The summed E-state index contributed by atoms with van der Waals surface area (Å²) in [7, 11) is 0. The lowest BCUT2D eigenvalue weighted by Crippen LogP contribution is -2.33. The van der Waals surface area contributed by atoms with Crippen LogP contribution in [0.25, 0.3) is 0 Å². The van der Waals surface area contributed by atoms with Crippen LogP contribution in [0.1, 0.15) is 64.7 Å². The number of rotatable bonds is 1. The first-order valence-electron chi connectivity index (χ1n) is 6.95. The monoisotopic (exact) mass is 210 g/mol. The fourth-order valence-corrected chi connectivity index (χ4v) is 3.65. The number of hydrogen-bond donors (Lipinski definition) is 1. The normalized spacial score (nSPS) is 40.0. The van der Waals surface area contributed by atoms with Gasteiger partial charge in [-0.15, -0.1) is 0 Å². The third-order valence-corrected chi connectivity index (χ3v) is 4.63. The molecule has 15 heavy (non-hydrogen) atoms. The minimum atomic E-state index is 0.0179. The van der Waals surface area contributed by atoms with Crippen molar-refractivity contribution in [1.82, 2.24) is 0 Å². The molecule has 1 N–H and O–H groups in total. The van der Waals surface area contributed by atoms with E-state index in [2.05, 4.69) is 6.92 Å². The Morgan fingerprint density at radius 2 is 1.53 bits per heavy atom. The molecule has 2 rings (SSSR count). The zero-order valence-electron chi connectivity index (χ0n) is 10.1. The molecule has 0 bridgehead atoms. The number of aliphatic hydroxyl groups excluding tert-OH is 1. The molecule has 2 fully saturated rings. The van der Waals surface area contributed by atoms with Crippen molar-refractivity contribution in [2.75, 3.05) is 0 Å². The van der Waals surface area contributed by atoms with Gasteiger partial charge in [0.25, 0.3) is 0 Å². The van der Waals surface area contributed by atoms with E-state index >= 15 is 0 Å². The van der Waals surface area contributed by atoms with Crippen molar-refractivity contribution in [3.05, 3.63) is 0 Å². The van der Waals surface area contributed by atoms with Gasteiger partial charge in [0.2, 0.25) is 0 Å². The lowest BCUT2D eigenvalue weighted by molar-refractivity contribution is 0.0157. The standard InChI is InChI=1S/C14H26O/c1-11-8-9-14(15)13(10-11)12-6-4-2-3-5-7-12/h11-15H,2-10H2,1H3. The van der Waals surface area contributed by atoms with Crippen LogP contribution in [0.2, 0.25) is 0 Å². The van der Waals surface area contributed by atoms with E-state index in [0.717, 1.165) is 18.3 Å². The van der Waals surface area contributed by atoms with E-state index < -0.39 is 0 Å². The second-order valence-corrected chi connectivity index (χ2v) is 5.90. The van der Waals surface area contributed by atoms with Gasteiger partial charge in [-0.3, -0.25) is 0 Å². The summed E-state index contributed by atoms with van der Waals surface area (Å²) in [4.78, 5) is 0. The third kappa shape index (κ3) is 2.96. The summed E-state index contributed by atoms with van der Waals surface area (Å²) < 4.78 is 0. The Labute approximate surface area is 94.3 Å². The highest BCUT2D eigenvalue weighted by Gasteiger charge is 2.33. The Hall–Kier alpha value is -0.0400. The van der Waals surface area contributed by atoms with Gasteiger partial charge < -0.3 is 5.11 Å². The minimum absolute atomic E-state index is 0.0179. The molecular weight excluding hydrogens is 184 g/mol. The van der Waals surface area contributed by atoms with Crippen molar-refractivity contribution in [2.24, 2.45) is 17.8 Å². The molecule has 2 saturated carbocycles. The van der Waals surface area contributed by atoms with Gasteiger partial charge in [-0.05, 0) is 37.0 Å². The lowest BCUT2D eigenvalue weighted by atomic mass is 9.71.